The smallest absolute Gasteiger partial charge is 0.216 e. The molecule has 0 unspecified atom stereocenters. The molecule has 0 rings (SSSR count). The van der Waals surface area contributed by atoms with Crippen molar-refractivity contribution in [2.75, 3.05) is 6.54 Å². The normalized spacial score (nSPS) is 12.5. The summed E-state index contributed by atoms with van der Waals surface area (Å²) in [6.07, 6.45) is 7.68. The Hall–Kier alpha value is -0.530. The first-order valence-electron chi connectivity index (χ1n) is 5.91. The average molecular weight is 199 g/mol. The first-order valence-corrected chi connectivity index (χ1v) is 5.91. The fourth-order valence-corrected chi connectivity index (χ4v) is 1.44. The number of unbranched alkanes of at least 4 members (excludes halogenated alkanes) is 3. The van der Waals surface area contributed by atoms with E-state index in [0.29, 0.717) is 0 Å². The zero-order valence-corrected chi connectivity index (χ0v) is 9.94. The molecule has 0 aliphatic rings. The highest BCUT2D eigenvalue weighted by Crippen LogP contribution is 2.12. The molecular weight excluding hydrogens is 174 g/mol. The number of hydrogen-bond acceptors (Lipinski definition) is 1. The van der Waals surface area contributed by atoms with Gasteiger partial charge in [0.15, 0.2) is 0 Å². The van der Waals surface area contributed by atoms with Crippen LogP contribution in [-0.4, -0.2) is 12.5 Å². The van der Waals surface area contributed by atoms with Crippen LogP contribution in [0.4, 0.5) is 0 Å². The van der Waals surface area contributed by atoms with E-state index in [9.17, 15) is 4.79 Å². The Morgan fingerprint density at radius 2 is 1.86 bits per heavy atom. The first kappa shape index (κ1) is 13.5. The van der Waals surface area contributed by atoms with Crippen LogP contribution in [0.25, 0.3) is 0 Å². The Morgan fingerprint density at radius 1 is 1.21 bits per heavy atom. The maximum Gasteiger partial charge on any atom is 0.216 e. The molecule has 0 aromatic carbocycles. The molecule has 14 heavy (non-hydrogen) atoms. The van der Waals surface area contributed by atoms with Crippen molar-refractivity contribution in [2.24, 2.45) is 5.92 Å². The van der Waals surface area contributed by atoms with Gasteiger partial charge in [-0.05, 0) is 12.3 Å². The van der Waals surface area contributed by atoms with E-state index < -0.39 is 0 Å². The van der Waals surface area contributed by atoms with Crippen molar-refractivity contribution in [3.05, 3.63) is 0 Å². The van der Waals surface area contributed by atoms with E-state index in [1.807, 2.05) is 0 Å². The fraction of sp³-hybridized carbons (Fsp3) is 0.917. The lowest BCUT2D eigenvalue weighted by Gasteiger charge is -2.07. The maximum atomic E-state index is 10.5. The summed E-state index contributed by atoms with van der Waals surface area (Å²) in [5, 5.41) is 2.82. The Balaban J connectivity index is 3.02. The van der Waals surface area contributed by atoms with Crippen LogP contribution in [0.2, 0.25) is 0 Å². The molecule has 1 atom stereocenters. The van der Waals surface area contributed by atoms with Crippen molar-refractivity contribution in [1.29, 1.82) is 0 Å². The van der Waals surface area contributed by atoms with Crippen molar-refractivity contribution in [1.82, 2.24) is 5.32 Å². The van der Waals surface area contributed by atoms with E-state index in [0.717, 1.165) is 18.9 Å². The molecule has 0 heterocycles. The predicted molar refractivity (Wildman–Crippen MR) is 61.2 cm³/mol. The van der Waals surface area contributed by atoms with Gasteiger partial charge in [-0.15, -0.1) is 0 Å². The number of carbonyl (C=O) groups excluding carboxylic acids is 1. The lowest BCUT2D eigenvalue weighted by atomic mass is 10.0. The summed E-state index contributed by atoms with van der Waals surface area (Å²) in [7, 11) is 0. The summed E-state index contributed by atoms with van der Waals surface area (Å²) in [4.78, 5) is 10.5. The van der Waals surface area contributed by atoms with Crippen LogP contribution in [-0.2, 0) is 4.79 Å². The summed E-state index contributed by atoms with van der Waals surface area (Å²) in [6, 6.07) is 0. The molecule has 84 valence electrons. The molecule has 0 aromatic heterocycles. The van der Waals surface area contributed by atoms with Crippen molar-refractivity contribution in [3.8, 4) is 0 Å². The van der Waals surface area contributed by atoms with Gasteiger partial charge in [0.25, 0.3) is 0 Å². The van der Waals surface area contributed by atoms with Crippen molar-refractivity contribution in [3.63, 3.8) is 0 Å². The molecule has 0 radical (unpaired) electrons. The lowest BCUT2D eigenvalue weighted by molar-refractivity contribution is -0.118. The van der Waals surface area contributed by atoms with Crippen molar-refractivity contribution >= 4 is 5.91 Å². The standard InChI is InChI=1S/C12H25NO/c1-4-11(2)9-7-5-6-8-10-13-12(3)14/h11H,4-10H2,1-3H3,(H,13,14)/t11-/m0/s1. The number of nitrogens with one attached hydrogen (secondary N) is 1. The number of amides is 1. The van der Waals surface area contributed by atoms with Crippen molar-refractivity contribution in [2.45, 2.75) is 59.3 Å². The predicted octanol–water partition coefficient (Wildman–Crippen LogP) is 3.12. The molecule has 2 nitrogen and oxygen atoms in total. The molecule has 0 spiro atoms. The van der Waals surface area contributed by atoms with Gasteiger partial charge in [0.05, 0.1) is 0 Å². The van der Waals surface area contributed by atoms with Gasteiger partial charge in [0, 0.05) is 13.5 Å². The number of rotatable bonds is 8. The molecular formula is C12H25NO. The van der Waals surface area contributed by atoms with E-state index in [1.165, 1.54) is 32.1 Å². The highest BCUT2D eigenvalue weighted by atomic mass is 16.1. The molecule has 0 saturated carbocycles. The minimum Gasteiger partial charge on any atom is -0.356 e. The van der Waals surface area contributed by atoms with Crippen LogP contribution in [0.5, 0.6) is 0 Å². The molecule has 0 aliphatic carbocycles. The second-order valence-corrected chi connectivity index (χ2v) is 4.20. The highest BCUT2D eigenvalue weighted by Gasteiger charge is 1.98. The van der Waals surface area contributed by atoms with E-state index in [4.69, 9.17) is 0 Å². The maximum absolute atomic E-state index is 10.5. The molecule has 0 aliphatic heterocycles. The summed E-state index contributed by atoms with van der Waals surface area (Å²) >= 11 is 0. The Labute approximate surface area is 88.5 Å². The van der Waals surface area contributed by atoms with Gasteiger partial charge in [0.2, 0.25) is 5.91 Å². The molecule has 0 fully saturated rings. The van der Waals surface area contributed by atoms with Crippen LogP contribution < -0.4 is 5.32 Å². The second kappa shape index (κ2) is 9.04. The number of hydrogen-bond donors (Lipinski definition) is 1. The molecule has 1 amide bonds. The van der Waals surface area contributed by atoms with Crippen LogP contribution >= 0.6 is 0 Å². The molecule has 0 aromatic rings. The summed E-state index contributed by atoms with van der Waals surface area (Å²) < 4.78 is 0. The average Bonchev–Trinajstić information content (AvgIpc) is 2.15. The van der Waals surface area contributed by atoms with Crippen LogP contribution in [0, 0.1) is 5.92 Å². The third-order valence-corrected chi connectivity index (χ3v) is 2.69. The molecule has 0 bridgehead atoms. The third-order valence-electron chi connectivity index (χ3n) is 2.69. The van der Waals surface area contributed by atoms with Gasteiger partial charge in [0.1, 0.15) is 0 Å². The van der Waals surface area contributed by atoms with E-state index in [1.54, 1.807) is 6.92 Å². The first-order chi connectivity index (χ1) is 6.66. The monoisotopic (exact) mass is 199 g/mol. The summed E-state index contributed by atoms with van der Waals surface area (Å²) in [5.74, 6) is 0.968. The Morgan fingerprint density at radius 3 is 2.43 bits per heavy atom. The van der Waals surface area contributed by atoms with E-state index in [-0.39, 0.29) is 5.91 Å². The summed E-state index contributed by atoms with van der Waals surface area (Å²) in [5.41, 5.74) is 0. The fourth-order valence-electron chi connectivity index (χ4n) is 1.44. The highest BCUT2D eigenvalue weighted by molar-refractivity contribution is 5.72. The minimum absolute atomic E-state index is 0.0876. The quantitative estimate of drug-likeness (QED) is 0.598. The lowest BCUT2D eigenvalue weighted by Crippen LogP contribution is -2.20. The van der Waals surface area contributed by atoms with Gasteiger partial charge in [-0.25, -0.2) is 0 Å². The Bertz CT molecular complexity index is 145. The zero-order chi connectivity index (χ0) is 10.8. The zero-order valence-electron chi connectivity index (χ0n) is 9.94. The number of carbonyl (C=O) groups is 1. The van der Waals surface area contributed by atoms with Crippen LogP contribution in [0.1, 0.15) is 59.3 Å². The van der Waals surface area contributed by atoms with Crippen molar-refractivity contribution < 1.29 is 4.79 Å². The largest absolute Gasteiger partial charge is 0.356 e. The van der Waals surface area contributed by atoms with E-state index >= 15 is 0 Å². The summed E-state index contributed by atoms with van der Waals surface area (Å²) in [6.45, 7) is 6.99. The topological polar surface area (TPSA) is 29.1 Å². The minimum atomic E-state index is 0.0876. The second-order valence-electron chi connectivity index (χ2n) is 4.20. The third kappa shape index (κ3) is 9.56. The van der Waals surface area contributed by atoms with E-state index in [2.05, 4.69) is 19.2 Å². The SMILES string of the molecule is CC[C@H](C)CCCCCCNC(C)=O. The molecule has 2 heteroatoms. The van der Waals surface area contributed by atoms with Crippen LogP contribution in [0.3, 0.4) is 0 Å². The van der Waals surface area contributed by atoms with Gasteiger partial charge in [-0.3, -0.25) is 4.79 Å². The van der Waals surface area contributed by atoms with Gasteiger partial charge in [-0.2, -0.15) is 0 Å². The molecule has 1 N–H and O–H groups in total. The van der Waals surface area contributed by atoms with Gasteiger partial charge < -0.3 is 5.32 Å². The Kier molecular flexibility index (Phi) is 8.70. The van der Waals surface area contributed by atoms with Crippen LogP contribution in [0.15, 0.2) is 0 Å². The van der Waals surface area contributed by atoms with Gasteiger partial charge in [-0.1, -0.05) is 46.0 Å². The van der Waals surface area contributed by atoms with Gasteiger partial charge >= 0.3 is 0 Å². The molecule has 0 saturated heterocycles.